The van der Waals surface area contributed by atoms with Crippen molar-refractivity contribution >= 4 is 11.0 Å². The Morgan fingerprint density at radius 1 is 1.13 bits per heavy atom. The van der Waals surface area contributed by atoms with Crippen LogP contribution in [0.4, 0.5) is 0 Å². The smallest absolute Gasteiger partial charge is 0.263 e. The predicted molar refractivity (Wildman–Crippen MR) is 91.1 cm³/mol. The van der Waals surface area contributed by atoms with Crippen LogP contribution in [0.25, 0.3) is 11.0 Å². The van der Waals surface area contributed by atoms with Crippen LogP contribution in [0.3, 0.4) is 0 Å². The molecule has 0 spiro atoms. The van der Waals surface area contributed by atoms with Crippen molar-refractivity contribution in [3.63, 3.8) is 0 Å². The van der Waals surface area contributed by atoms with E-state index in [2.05, 4.69) is 9.97 Å². The Labute approximate surface area is 134 Å². The molecule has 0 aliphatic heterocycles. The molecule has 2 N–H and O–H groups in total. The molecule has 0 saturated heterocycles. The molecule has 3 rings (SSSR count). The van der Waals surface area contributed by atoms with Crippen molar-refractivity contribution in [1.29, 1.82) is 0 Å². The number of pyridine rings is 1. The van der Waals surface area contributed by atoms with Gasteiger partial charge in [0.1, 0.15) is 5.82 Å². The lowest BCUT2D eigenvalue weighted by atomic mass is 10.0. The maximum absolute atomic E-state index is 12.9. The fourth-order valence-corrected chi connectivity index (χ4v) is 2.54. The highest BCUT2D eigenvalue weighted by molar-refractivity contribution is 5.73. The third kappa shape index (κ3) is 3.00. The molecule has 2 aromatic heterocycles. The molecule has 118 valence electrons. The van der Waals surface area contributed by atoms with E-state index in [1.54, 1.807) is 22.9 Å². The van der Waals surface area contributed by atoms with Gasteiger partial charge in [0.25, 0.3) is 5.56 Å². The largest absolute Gasteiger partial charge is 0.321 e. The minimum atomic E-state index is -0.321. The summed E-state index contributed by atoms with van der Waals surface area (Å²) in [4.78, 5) is 21.7. The molecule has 0 unspecified atom stereocenters. The molecule has 0 fully saturated rings. The molecule has 1 aromatic carbocycles. The van der Waals surface area contributed by atoms with Crippen molar-refractivity contribution in [3.8, 4) is 0 Å². The van der Waals surface area contributed by atoms with E-state index < -0.39 is 0 Å². The third-order valence-corrected chi connectivity index (χ3v) is 3.96. The van der Waals surface area contributed by atoms with Crippen molar-refractivity contribution in [2.45, 2.75) is 26.4 Å². The lowest BCUT2D eigenvalue weighted by molar-refractivity contribution is 0.463. The minimum Gasteiger partial charge on any atom is -0.321 e. The zero-order valence-corrected chi connectivity index (χ0v) is 13.3. The molecule has 0 radical (unpaired) electrons. The number of fused-ring (bicyclic) bond motifs is 1. The molecule has 5 nitrogen and oxygen atoms in total. The fraction of sp³-hybridized carbons (Fsp3) is 0.278. The van der Waals surface area contributed by atoms with Crippen LogP contribution >= 0.6 is 0 Å². The monoisotopic (exact) mass is 308 g/mol. The molecular formula is C18H20N4O. The Morgan fingerprint density at radius 3 is 2.57 bits per heavy atom. The van der Waals surface area contributed by atoms with Gasteiger partial charge in [-0.05, 0) is 23.6 Å². The van der Waals surface area contributed by atoms with Crippen molar-refractivity contribution in [3.05, 3.63) is 70.4 Å². The molecule has 2 heterocycles. The number of benzene rings is 1. The summed E-state index contributed by atoms with van der Waals surface area (Å²) in [6.45, 7) is 4.49. The molecule has 23 heavy (non-hydrogen) atoms. The first kappa shape index (κ1) is 15.4. The number of rotatable bonds is 4. The highest BCUT2D eigenvalue weighted by atomic mass is 16.1. The Balaban J connectivity index is 2.22. The van der Waals surface area contributed by atoms with Crippen molar-refractivity contribution in [2.75, 3.05) is 0 Å². The summed E-state index contributed by atoms with van der Waals surface area (Å²) in [7, 11) is 0. The van der Waals surface area contributed by atoms with Crippen LogP contribution in [0, 0.1) is 5.92 Å². The summed E-state index contributed by atoms with van der Waals surface area (Å²) in [5.74, 6) is 0.755. The maximum atomic E-state index is 12.9. The van der Waals surface area contributed by atoms with Crippen LogP contribution in [0.15, 0.2) is 53.5 Å². The van der Waals surface area contributed by atoms with E-state index in [1.165, 1.54) is 0 Å². The first-order valence-electron chi connectivity index (χ1n) is 7.73. The molecule has 1 atom stereocenters. The van der Waals surface area contributed by atoms with E-state index in [1.807, 2.05) is 44.2 Å². The number of hydrogen-bond acceptors (Lipinski definition) is 4. The average molecular weight is 308 g/mol. The summed E-state index contributed by atoms with van der Waals surface area (Å²) in [6, 6.07) is 13.0. The molecule has 0 aliphatic carbocycles. The second-order valence-electron chi connectivity index (χ2n) is 5.99. The quantitative estimate of drug-likeness (QED) is 0.803. The minimum absolute atomic E-state index is 0.0990. The van der Waals surface area contributed by atoms with E-state index in [9.17, 15) is 4.79 Å². The fourth-order valence-electron chi connectivity index (χ4n) is 2.54. The first-order chi connectivity index (χ1) is 11.1. The van der Waals surface area contributed by atoms with Crippen LogP contribution in [0.1, 0.15) is 31.3 Å². The normalized spacial score (nSPS) is 12.7. The van der Waals surface area contributed by atoms with Crippen molar-refractivity contribution in [1.82, 2.24) is 14.5 Å². The van der Waals surface area contributed by atoms with Crippen LogP contribution in [-0.2, 0) is 6.54 Å². The topological polar surface area (TPSA) is 73.8 Å². The van der Waals surface area contributed by atoms with Gasteiger partial charge in [-0.3, -0.25) is 9.36 Å². The van der Waals surface area contributed by atoms with Gasteiger partial charge in [0, 0.05) is 6.20 Å². The van der Waals surface area contributed by atoms with E-state index in [4.69, 9.17) is 5.73 Å². The Kier molecular flexibility index (Phi) is 4.21. The average Bonchev–Trinajstić information content (AvgIpc) is 2.57. The number of nitrogens with zero attached hydrogens (tertiary/aromatic N) is 3. The Bertz CT molecular complexity index is 871. The second kappa shape index (κ2) is 6.30. The van der Waals surface area contributed by atoms with Gasteiger partial charge in [0.15, 0.2) is 5.65 Å². The second-order valence-corrected chi connectivity index (χ2v) is 5.99. The van der Waals surface area contributed by atoms with Gasteiger partial charge >= 0.3 is 0 Å². The number of aromatic nitrogens is 3. The summed E-state index contributed by atoms with van der Waals surface area (Å²) in [5.41, 5.74) is 7.69. The Hall–Kier alpha value is -2.53. The van der Waals surface area contributed by atoms with Crippen molar-refractivity contribution < 1.29 is 0 Å². The molecule has 0 amide bonds. The first-order valence-corrected chi connectivity index (χ1v) is 7.73. The Morgan fingerprint density at radius 2 is 1.87 bits per heavy atom. The molecule has 5 heteroatoms. The van der Waals surface area contributed by atoms with Crippen LogP contribution in [0.2, 0.25) is 0 Å². The van der Waals surface area contributed by atoms with E-state index >= 15 is 0 Å². The zero-order valence-electron chi connectivity index (χ0n) is 13.3. The summed E-state index contributed by atoms with van der Waals surface area (Å²) >= 11 is 0. The molecule has 0 aliphatic rings. The summed E-state index contributed by atoms with van der Waals surface area (Å²) in [5, 5.41) is 0.517. The van der Waals surface area contributed by atoms with Gasteiger partial charge in [-0.2, -0.15) is 0 Å². The van der Waals surface area contributed by atoms with Gasteiger partial charge in [-0.25, -0.2) is 9.97 Å². The predicted octanol–water partition coefficient (Wildman–Crippen LogP) is 2.50. The maximum Gasteiger partial charge on any atom is 0.263 e. The van der Waals surface area contributed by atoms with Crippen molar-refractivity contribution in [2.24, 2.45) is 11.7 Å². The van der Waals surface area contributed by atoms with E-state index in [0.717, 1.165) is 5.56 Å². The molecular weight excluding hydrogens is 288 g/mol. The summed E-state index contributed by atoms with van der Waals surface area (Å²) < 4.78 is 1.67. The van der Waals surface area contributed by atoms with E-state index in [0.29, 0.717) is 23.4 Å². The van der Waals surface area contributed by atoms with Gasteiger partial charge in [-0.1, -0.05) is 44.2 Å². The number of nitrogens with two attached hydrogens (primary N) is 1. The van der Waals surface area contributed by atoms with Crippen LogP contribution < -0.4 is 11.3 Å². The zero-order chi connectivity index (χ0) is 16.4. The molecule has 0 bridgehead atoms. The molecule has 0 saturated carbocycles. The standard InChI is InChI=1S/C18H20N4O/c1-12(2)15(19)17-21-16-14(9-6-10-20-16)18(23)22(17)11-13-7-4-3-5-8-13/h3-10,12,15H,11,19H2,1-2H3/t15-/m0/s1. The third-order valence-electron chi connectivity index (χ3n) is 3.96. The summed E-state index contributed by atoms with van der Waals surface area (Å²) in [6.07, 6.45) is 1.64. The van der Waals surface area contributed by atoms with Crippen LogP contribution in [-0.4, -0.2) is 14.5 Å². The number of hydrogen-bond donors (Lipinski definition) is 1. The van der Waals surface area contributed by atoms with Gasteiger partial charge < -0.3 is 5.73 Å². The van der Waals surface area contributed by atoms with Crippen LogP contribution in [0.5, 0.6) is 0 Å². The molecule has 3 aromatic rings. The lowest BCUT2D eigenvalue weighted by Crippen LogP contribution is -2.32. The lowest BCUT2D eigenvalue weighted by Gasteiger charge is -2.20. The van der Waals surface area contributed by atoms with Gasteiger partial charge in [-0.15, -0.1) is 0 Å². The highest BCUT2D eigenvalue weighted by Crippen LogP contribution is 2.18. The SMILES string of the molecule is CC(C)[C@H](N)c1nc2ncccc2c(=O)n1Cc1ccccc1. The highest BCUT2D eigenvalue weighted by Gasteiger charge is 2.20. The van der Waals surface area contributed by atoms with E-state index in [-0.39, 0.29) is 17.5 Å². The van der Waals surface area contributed by atoms with Gasteiger partial charge in [0.05, 0.1) is 18.0 Å². The van der Waals surface area contributed by atoms with Gasteiger partial charge in [0.2, 0.25) is 0 Å².